The molecule has 0 spiro atoms. The van der Waals surface area contributed by atoms with Gasteiger partial charge in [0.15, 0.2) is 11.3 Å². The Morgan fingerprint density at radius 1 is 1.00 bits per heavy atom. The van der Waals surface area contributed by atoms with Gasteiger partial charge in [-0.2, -0.15) is 0 Å². The standard InChI is InChI=1S/C53H67N3O13/c1-26(2)56(11)21-18-34(19-22-56)25-65-35-16-17-36-38(24-35)68-50-42(54-36)39-40-46(60)32(8)49-41(39)51(62)53(10,69-49)66-23-20-37(64-12)29(5)48(67-33(9)57)31(7)45(59)30(6)44(58)27(3)14-13-15-28(4)52(63)55-43(50)47(40)61/h13-17,20,23-24,26-27,29-31,34,37,44-45,48,58-59H,18-19,21-22,25H2,1-12H3,(H-,54,55,60,61,62,63)/p+1/b14-13+,23-20+,28-15-/t27-,29+,30+,31+,34?,37-,44-,45+,48+,53-,56?/m0/s1. The fourth-order valence-corrected chi connectivity index (χ4v) is 9.98. The van der Waals surface area contributed by atoms with E-state index in [1.54, 1.807) is 65.0 Å². The number of aromatic hydroxyl groups is 1. The van der Waals surface area contributed by atoms with Crippen molar-refractivity contribution in [3.05, 3.63) is 75.7 Å². The molecule has 1 fully saturated rings. The van der Waals surface area contributed by atoms with Crippen LogP contribution in [0.25, 0.3) is 33.3 Å². The van der Waals surface area contributed by atoms with E-state index in [0.717, 1.165) is 30.4 Å². The molecule has 372 valence electrons. The highest BCUT2D eigenvalue weighted by molar-refractivity contribution is 6.22. The van der Waals surface area contributed by atoms with Crippen LogP contribution in [-0.4, -0.2) is 113 Å². The van der Waals surface area contributed by atoms with Crippen LogP contribution in [0, 0.1) is 36.5 Å². The number of benzene rings is 3. The van der Waals surface area contributed by atoms with Crippen LogP contribution in [0.15, 0.2) is 63.6 Å². The van der Waals surface area contributed by atoms with E-state index in [1.807, 2.05) is 0 Å². The quantitative estimate of drug-likeness (QED) is 0.0635. The number of piperidine rings is 1. The van der Waals surface area contributed by atoms with Gasteiger partial charge in [-0.05, 0) is 45.9 Å². The van der Waals surface area contributed by atoms with E-state index in [-0.39, 0.29) is 55.9 Å². The molecule has 2 aromatic rings. The molecular weight excluding hydrogens is 887 g/mol. The monoisotopic (exact) mass is 954 g/mol. The van der Waals surface area contributed by atoms with Crippen LogP contribution in [0.4, 0.5) is 5.69 Å². The summed E-state index contributed by atoms with van der Waals surface area (Å²) in [6, 6.07) is 5.69. The molecule has 0 saturated carbocycles. The number of fused-ring (bicyclic) bond motifs is 2. The van der Waals surface area contributed by atoms with Crippen LogP contribution in [0.1, 0.15) is 91.1 Å². The molecule has 4 heterocycles. The Morgan fingerprint density at radius 2 is 1.70 bits per heavy atom. The van der Waals surface area contributed by atoms with Crippen molar-refractivity contribution in [3.63, 3.8) is 0 Å². The maximum atomic E-state index is 14.9. The van der Waals surface area contributed by atoms with Gasteiger partial charge in [0.05, 0.1) is 68.3 Å². The summed E-state index contributed by atoms with van der Waals surface area (Å²) in [5, 5.41) is 37.3. The van der Waals surface area contributed by atoms with E-state index in [2.05, 4.69) is 26.2 Å². The van der Waals surface area contributed by atoms with Gasteiger partial charge in [0, 0.05) is 86.0 Å². The second-order valence-corrected chi connectivity index (χ2v) is 20.1. The second-order valence-electron chi connectivity index (χ2n) is 20.1. The van der Waals surface area contributed by atoms with Gasteiger partial charge in [0.2, 0.25) is 5.43 Å². The van der Waals surface area contributed by atoms with Crippen molar-refractivity contribution in [1.29, 1.82) is 0 Å². The van der Waals surface area contributed by atoms with Crippen molar-refractivity contribution < 1.29 is 62.3 Å². The molecule has 4 bridgehead atoms. The number of methoxy groups -OCH3 is 1. The molecule has 1 aliphatic carbocycles. The van der Waals surface area contributed by atoms with Crippen LogP contribution < -0.4 is 20.2 Å². The number of aliphatic hydroxyl groups excluding tert-OH is 2. The molecule has 0 radical (unpaired) electrons. The molecule has 4 N–H and O–H groups in total. The Bertz CT molecular complexity index is 2750. The number of Topliss-reactive ketones (excluding diaryl/α,β-unsaturated/α-hetero) is 1. The van der Waals surface area contributed by atoms with Crippen molar-refractivity contribution in [1.82, 2.24) is 4.98 Å². The number of rotatable bonds is 6. The number of carbonyl (C=O) groups excluding carboxylic acids is 3. The van der Waals surface area contributed by atoms with Crippen molar-refractivity contribution in [2.24, 2.45) is 29.6 Å². The third-order valence-corrected chi connectivity index (χ3v) is 15.1. The number of anilines is 1. The number of phenolic OH excluding ortho intramolecular Hbond substituents is 1. The first-order chi connectivity index (χ1) is 32.5. The van der Waals surface area contributed by atoms with Gasteiger partial charge in [-0.15, -0.1) is 0 Å². The molecule has 1 saturated heterocycles. The lowest BCUT2D eigenvalue weighted by molar-refractivity contribution is -0.935. The maximum Gasteiger partial charge on any atom is 0.312 e. The molecule has 16 nitrogen and oxygen atoms in total. The van der Waals surface area contributed by atoms with Crippen molar-refractivity contribution in [3.8, 4) is 28.7 Å². The molecule has 5 aliphatic rings. The molecule has 2 aromatic carbocycles. The molecule has 0 unspecified atom stereocenters. The molecule has 1 amide bonds. The minimum Gasteiger partial charge on any atom is -0.507 e. The zero-order valence-corrected chi connectivity index (χ0v) is 41.7. The molecular formula is C53H68N3O13+. The first-order valence-corrected chi connectivity index (χ1v) is 23.9. The topological polar surface area (TPSA) is 213 Å². The number of allylic oxidation sites excluding steroid dienone is 2. The van der Waals surface area contributed by atoms with E-state index in [1.165, 1.54) is 46.3 Å². The number of aromatic nitrogens is 1. The first kappa shape index (κ1) is 51.1. The van der Waals surface area contributed by atoms with Crippen LogP contribution in [0.2, 0.25) is 0 Å². The molecule has 69 heavy (non-hydrogen) atoms. The number of hydrogen-bond acceptors (Lipinski definition) is 14. The smallest absolute Gasteiger partial charge is 0.312 e. The summed E-state index contributed by atoms with van der Waals surface area (Å²) in [6.45, 7) is 19.8. The third-order valence-electron chi connectivity index (χ3n) is 15.1. The van der Waals surface area contributed by atoms with Gasteiger partial charge in [-0.1, -0.05) is 45.9 Å². The largest absolute Gasteiger partial charge is 0.507 e. The summed E-state index contributed by atoms with van der Waals surface area (Å²) in [5.41, 5.74) is -0.448. The summed E-state index contributed by atoms with van der Waals surface area (Å²) in [6.07, 6.45) is 5.70. The van der Waals surface area contributed by atoms with Crippen LogP contribution in [-0.2, 0) is 23.8 Å². The number of nitrogens with one attached hydrogen (secondary N) is 1. The van der Waals surface area contributed by atoms with E-state index in [9.17, 15) is 34.5 Å². The Hall–Kier alpha value is -5.81. The van der Waals surface area contributed by atoms with E-state index in [0.29, 0.717) is 29.8 Å². The molecule has 4 aliphatic heterocycles. The van der Waals surface area contributed by atoms with E-state index in [4.69, 9.17) is 33.1 Å². The fraction of sp³-hybridized carbons (Fsp3) is 0.528. The number of nitrogens with zero attached hydrogens (tertiary/aromatic N) is 2. The van der Waals surface area contributed by atoms with Gasteiger partial charge in [-0.25, -0.2) is 4.98 Å². The Morgan fingerprint density at radius 3 is 2.35 bits per heavy atom. The van der Waals surface area contributed by atoms with Gasteiger partial charge in [-0.3, -0.25) is 19.2 Å². The Labute approximate surface area is 402 Å². The minimum absolute atomic E-state index is 0.00750. The Kier molecular flexibility index (Phi) is 14.7. The summed E-state index contributed by atoms with van der Waals surface area (Å²) in [7, 11) is 3.75. The predicted molar refractivity (Wildman–Crippen MR) is 260 cm³/mol. The Balaban J connectivity index is 1.37. The average molecular weight is 955 g/mol. The second kappa shape index (κ2) is 19.9. The lowest BCUT2D eigenvalue weighted by Gasteiger charge is -2.43. The molecule has 0 aromatic heterocycles. The number of ketones is 1. The van der Waals surface area contributed by atoms with E-state index < -0.39 is 82.7 Å². The number of amides is 1. The average Bonchev–Trinajstić information content (AvgIpc) is 3.58. The number of ether oxygens (including phenoxy) is 5. The summed E-state index contributed by atoms with van der Waals surface area (Å²) >= 11 is 0. The van der Waals surface area contributed by atoms with Crippen LogP contribution >= 0.6 is 0 Å². The minimum atomic E-state index is -2.04. The van der Waals surface area contributed by atoms with E-state index >= 15 is 0 Å². The highest BCUT2D eigenvalue weighted by Crippen LogP contribution is 2.50. The highest BCUT2D eigenvalue weighted by Gasteiger charge is 2.50. The number of hydrogen-bond donors (Lipinski definition) is 4. The van der Waals surface area contributed by atoms with Gasteiger partial charge >= 0.3 is 11.8 Å². The lowest BCUT2D eigenvalue weighted by atomic mass is 9.78. The lowest BCUT2D eigenvalue weighted by Crippen LogP contribution is -2.54. The highest BCUT2D eigenvalue weighted by atomic mass is 16.7. The van der Waals surface area contributed by atoms with Crippen molar-refractivity contribution in [2.45, 2.75) is 118 Å². The number of quaternary nitrogens is 1. The fourth-order valence-electron chi connectivity index (χ4n) is 9.98. The van der Waals surface area contributed by atoms with Gasteiger partial charge in [0.1, 0.15) is 40.3 Å². The number of carbonyl (C=O) groups is 3. The number of aliphatic hydroxyl groups is 2. The summed E-state index contributed by atoms with van der Waals surface area (Å²) < 4.78 is 37.9. The molecule has 9 atom stereocenters. The van der Waals surface area contributed by atoms with Gasteiger partial charge < -0.3 is 53.2 Å². The number of likely N-dealkylation sites (tertiary alicyclic amines) is 1. The normalized spacial score (nSPS) is 32.1. The maximum absolute atomic E-state index is 14.9. The first-order valence-electron chi connectivity index (χ1n) is 23.9. The van der Waals surface area contributed by atoms with Crippen molar-refractivity contribution >= 4 is 45.2 Å². The number of esters is 1. The zero-order valence-electron chi connectivity index (χ0n) is 41.7. The molecule has 16 heteroatoms. The SMILES string of the molecule is CO[C@H]1/C=C/O[C@@]2(C)Oc3c(C)c(O)c4c(=O)c(c5oc6cc(OCC7CC[N+](C)(C(C)C)CC7)ccc6nc-5c4c3C2=O)NC(=O)/C(C)=C\C=C\[C@H](C)[C@H](O)[C@@H](C)[C@@H](O)[C@@H](C)[C@H](OC(C)=O)[C@@H]1C. The van der Waals surface area contributed by atoms with Crippen molar-refractivity contribution in [2.75, 3.05) is 39.2 Å². The summed E-state index contributed by atoms with van der Waals surface area (Å²) in [5.74, 6) is -6.33. The summed E-state index contributed by atoms with van der Waals surface area (Å²) in [4.78, 5) is 61.1. The van der Waals surface area contributed by atoms with Crippen LogP contribution in [0.5, 0.6) is 17.2 Å². The zero-order chi connectivity index (χ0) is 50.4. The third kappa shape index (κ3) is 9.73. The number of phenols is 1. The van der Waals surface area contributed by atoms with Gasteiger partial charge in [0.25, 0.3) is 11.7 Å². The van der Waals surface area contributed by atoms with Crippen LogP contribution in [0.3, 0.4) is 0 Å². The molecule has 7 rings (SSSR count). The predicted octanol–water partition coefficient (Wildman–Crippen LogP) is 7.59.